The zero-order valence-electron chi connectivity index (χ0n) is 36.9. The number of nitrogens with one attached hydrogen (secondary N) is 1. The third-order valence-corrected chi connectivity index (χ3v) is 11.2. The molecule has 0 spiro atoms. The fourth-order valence-electron chi connectivity index (χ4n) is 6.54. The molecule has 0 heterocycles. The Kier molecular flexibility index (Phi) is 40.2. The summed E-state index contributed by atoms with van der Waals surface area (Å²) in [5, 5.41) is 21.8. The molecule has 340 valence electrons. The average molecular weight is 844 g/mol. The number of aliphatic hydroxyl groups excluding tert-OH is 1. The maximum absolute atomic E-state index is 12.3. The van der Waals surface area contributed by atoms with Gasteiger partial charge in [0.2, 0.25) is 5.91 Å². The van der Waals surface area contributed by atoms with Crippen LogP contribution in [0.25, 0.3) is 0 Å². The molecule has 1 amide bonds. The minimum Gasteiger partial charge on any atom is -0.480 e. The highest BCUT2D eigenvalue weighted by Crippen LogP contribution is 2.43. The number of carboxylic acids is 1. The third kappa shape index (κ3) is 40.7. The molecular weight excluding hydrogens is 757 g/mol. The molecule has 0 rings (SSSR count). The van der Waals surface area contributed by atoms with Gasteiger partial charge >= 0.3 is 19.8 Å². The summed E-state index contributed by atoms with van der Waals surface area (Å²) in [5.74, 6) is -2.38. The van der Waals surface area contributed by atoms with Crippen molar-refractivity contribution in [1.82, 2.24) is 5.32 Å². The van der Waals surface area contributed by atoms with E-state index in [9.17, 15) is 34.1 Å². The first kappa shape index (κ1) is 56.0. The molecule has 3 atom stereocenters. The van der Waals surface area contributed by atoms with E-state index in [0.717, 1.165) is 57.8 Å². The largest absolute Gasteiger partial charge is 0.480 e. The van der Waals surface area contributed by atoms with Gasteiger partial charge in [-0.05, 0) is 64.2 Å². The molecule has 0 aliphatic heterocycles. The van der Waals surface area contributed by atoms with Crippen molar-refractivity contribution in [3.8, 4) is 0 Å². The molecule has 0 aliphatic carbocycles. The Morgan fingerprint density at radius 1 is 0.534 bits per heavy atom. The van der Waals surface area contributed by atoms with Gasteiger partial charge in [0.25, 0.3) is 0 Å². The highest BCUT2D eigenvalue weighted by molar-refractivity contribution is 7.47. The number of aliphatic carboxylic acids is 1. The second-order valence-corrected chi connectivity index (χ2v) is 17.4. The highest BCUT2D eigenvalue weighted by atomic mass is 31.2. The normalized spacial score (nSPS) is 13.9. The Bertz CT molecular complexity index is 1080. The van der Waals surface area contributed by atoms with Crippen molar-refractivity contribution in [2.24, 2.45) is 0 Å². The van der Waals surface area contributed by atoms with Crippen LogP contribution in [-0.2, 0) is 32.7 Å². The first-order valence-electron chi connectivity index (χ1n) is 23.4. The summed E-state index contributed by atoms with van der Waals surface area (Å²) in [6, 6.07) is -1.55. The van der Waals surface area contributed by atoms with Crippen molar-refractivity contribution in [2.45, 2.75) is 231 Å². The van der Waals surface area contributed by atoms with Crippen molar-refractivity contribution in [3.63, 3.8) is 0 Å². The van der Waals surface area contributed by atoms with Crippen LogP contribution >= 0.6 is 7.82 Å². The van der Waals surface area contributed by atoms with E-state index >= 15 is 0 Å². The van der Waals surface area contributed by atoms with Gasteiger partial charge in [0.05, 0.1) is 13.2 Å². The lowest BCUT2D eigenvalue weighted by Crippen LogP contribution is -2.43. The first-order valence-corrected chi connectivity index (χ1v) is 24.9. The van der Waals surface area contributed by atoms with Gasteiger partial charge in [0.1, 0.15) is 12.7 Å². The molecule has 11 nitrogen and oxygen atoms in total. The number of aliphatic hydroxyl groups is 1. The average Bonchev–Trinajstić information content (AvgIpc) is 3.20. The molecule has 0 aromatic rings. The lowest BCUT2D eigenvalue weighted by atomic mass is 10.0. The highest BCUT2D eigenvalue weighted by Gasteiger charge is 2.28. The van der Waals surface area contributed by atoms with Crippen LogP contribution in [-0.4, -0.2) is 64.9 Å². The number of allylic oxidation sites excluding steroid dienone is 4. The standard InChI is InChI=1S/C46H86NO10P/c1-3-5-7-9-11-13-15-17-18-19-20-21-22-23-24-26-28-30-32-34-36-38-45(50)55-39-42(48)40-56-58(53,54)57-41-43(46(51)52)47-44(49)37-35-33-31-29-27-25-16-14-12-10-8-6-4-2/h14,16-18,42-43,48H,3-13,15,19-41H2,1-2H3,(H,47,49)(H,51,52)(H,53,54)/b16-14-,18-17+. The zero-order chi connectivity index (χ0) is 42.8. The Labute approximate surface area is 353 Å². The lowest BCUT2D eigenvalue weighted by Gasteiger charge is -2.18. The summed E-state index contributed by atoms with van der Waals surface area (Å²) in [6.07, 6.45) is 43.5. The number of ether oxygens (including phenoxy) is 1. The molecule has 0 aromatic carbocycles. The zero-order valence-corrected chi connectivity index (χ0v) is 37.8. The van der Waals surface area contributed by atoms with Crippen LogP contribution in [0.5, 0.6) is 0 Å². The second-order valence-electron chi connectivity index (χ2n) is 15.9. The van der Waals surface area contributed by atoms with Crippen molar-refractivity contribution < 1.29 is 47.8 Å². The van der Waals surface area contributed by atoms with Gasteiger partial charge in [-0.25, -0.2) is 9.36 Å². The van der Waals surface area contributed by atoms with Crippen molar-refractivity contribution >= 4 is 25.7 Å². The van der Waals surface area contributed by atoms with Crippen molar-refractivity contribution in [2.75, 3.05) is 19.8 Å². The molecule has 0 bridgehead atoms. The monoisotopic (exact) mass is 844 g/mol. The first-order chi connectivity index (χ1) is 28.1. The Morgan fingerprint density at radius 3 is 1.33 bits per heavy atom. The predicted molar refractivity (Wildman–Crippen MR) is 236 cm³/mol. The van der Waals surface area contributed by atoms with Gasteiger partial charge in [-0.15, -0.1) is 0 Å². The van der Waals surface area contributed by atoms with Crippen LogP contribution in [0.4, 0.5) is 0 Å². The van der Waals surface area contributed by atoms with Crippen LogP contribution in [0.1, 0.15) is 219 Å². The molecule has 12 heteroatoms. The van der Waals surface area contributed by atoms with Gasteiger partial charge in [-0.2, -0.15) is 0 Å². The van der Waals surface area contributed by atoms with Gasteiger partial charge < -0.3 is 25.2 Å². The van der Waals surface area contributed by atoms with E-state index in [-0.39, 0.29) is 12.8 Å². The van der Waals surface area contributed by atoms with E-state index < -0.39 is 57.6 Å². The molecule has 4 N–H and O–H groups in total. The fraction of sp³-hybridized carbons (Fsp3) is 0.848. The smallest absolute Gasteiger partial charge is 0.472 e. The van der Waals surface area contributed by atoms with E-state index in [0.29, 0.717) is 12.8 Å². The summed E-state index contributed by atoms with van der Waals surface area (Å²) in [7, 11) is -4.76. The molecule has 0 radical (unpaired) electrons. The summed E-state index contributed by atoms with van der Waals surface area (Å²) in [4.78, 5) is 45.9. The van der Waals surface area contributed by atoms with Crippen LogP contribution in [0, 0.1) is 0 Å². The van der Waals surface area contributed by atoms with Gasteiger partial charge in [-0.3, -0.25) is 18.6 Å². The minimum absolute atomic E-state index is 0.137. The van der Waals surface area contributed by atoms with E-state index in [1.807, 2.05) is 0 Å². The molecule has 58 heavy (non-hydrogen) atoms. The number of carboxylic acid groups (broad SMARTS) is 1. The van der Waals surface area contributed by atoms with E-state index in [1.165, 1.54) is 122 Å². The number of carbonyl (C=O) groups is 3. The lowest BCUT2D eigenvalue weighted by molar-refractivity contribution is -0.147. The number of esters is 1. The number of hydrogen-bond donors (Lipinski definition) is 4. The van der Waals surface area contributed by atoms with Crippen molar-refractivity contribution in [1.29, 1.82) is 0 Å². The van der Waals surface area contributed by atoms with Gasteiger partial charge in [-0.1, -0.05) is 167 Å². The molecule has 0 aromatic heterocycles. The predicted octanol–water partition coefficient (Wildman–Crippen LogP) is 12.2. The quantitative estimate of drug-likeness (QED) is 0.0200. The number of phosphoric ester groups is 1. The van der Waals surface area contributed by atoms with Crippen molar-refractivity contribution in [3.05, 3.63) is 24.3 Å². The number of hydrogen-bond acceptors (Lipinski definition) is 8. The fourth-order valence-corrected chi connectivity index (χ4v) is 7.31. The SMILES string of the molecule is CCCCCC/C=C\CCCCCCCC(=O)NC(COP(=O)(O)OCC(O)COC(=O)CCCCCCCCCCCCC/C=C/CCCCCCCC)C(=O)O. The number of unbranched alkanes of at least 4 members (excludes halogenated alkanes) is 26. The molecule has 0 fully saturated rings. The molecule has 3 unspecified atom stereocenters. The topological polar surface area (TPSA) is 169 Å². The second kappa shape index (κ2) is 41.7. The summed E-state index contributed by atoms with van der Waals surface area (Å²) in [5.41, 5.74) is 0. The number of amides is 1. The summed E-state index contributed by atoms with van der Waals surface area (Å²) in [6.45, 7) is 2.58. The molecule has 0 saturated carbocycles. The number of phosphoric acid groups is 1. The Balaban J connectivity index is 3.83. The van der Waals surface area contributed by atoms with Crippen LogP contribution in [0.3, 0.4) is 0 Å². The van der Waals surface area contributed by atoms with Crippen LogP contribution in [0.15, 0.2) is 24.3 Å². The van der Waals surface area contributed by atoms with E-state index in [1.54, 1.807) is 0 Å². The maximum atomic E-state index is 12.3. The van der Waals surface area contributed by atoms with E-state index in [4.69, 9.17) is 13.8 Å². The van der Waals surface area contributed by atoms with E-state index in [2.05, 4.69) is 43.5 Å². The van der Waals surface area contributed by atoms with Gasteiger partial charge in [0, 0.05) is 12.8 Å². The third-order valence-electron chi connectivity index (χ3n) is 10.2. The molecule has 0 saturated heterocycles. The maximum Gasteiger partial charge on any atom is 0.472 e. The summed E-state index contributed by atoms with van der Waals surface area (Å²) >= 11 is 0. The van der Waals surface area contributed by atoms with Crippen LogP contribution in [0.2, 0.25) is 0 Å². The minimum atomic E-state index is -4.76. The number of carbonyl (C=O) groups excluding carboxylic acids is 2. The van der Waals surface area contributed by atoms with Crippen LogP contribution < -0.4 is 5.32 Å². The molecular formula is C46H86NO10P. The number of rotatable bonds is 44. The molecule has 0 aliphatic rings. The Hall–Kier alpha value is -2.04. The summed E-state index contributed by atoms with van der Waals surface area (Å²) < 4.78 is 26.9. The van der Waals surface area contributed by atoms with Gasteiger partial charge in [0.15, 0.2) is 6.04 Å². The Morgan fingerprint density at radius 2 is 0.897 bits per heavy atom.